The molecule has 0 aliphatic rings. The van der Waals surface area contributed by atoms with Gasteiger partial charge in [0.2, 0.25) is 0 Å². The molecular formula is C18H16F3N5O2. The van der Waals surface area contributed by atoms with E-state index in [1.54, 1.807) is 24.3 Å². The first-order chi connectivity index (χ1) is 13.3. The second-order valence-corrected chi connectivity index (χ2v) is 5.72. The lowest BCUT2D eigenvalue weighted by molar-refractivity contribution is -0.140. The molecule has 0 aliphatic carbocycles. The van der Waals surface area contributed by atoms with Gasteiger partial charge in [-0.15, -0.1) is 0 Å². The monoisotopic (exact) mass is 391 g/mol. The van der Waals surface area contributed by atoms with E-state index in [0.29, 0.717) is 16.8 Å². The molecule has 2 heterocycles. The number of hydrogen-bond donors (Lipinski definition) is 2. The maximum atomic E-state index is 12.9. The van der Waals surface area contributed by atoms with Gasteiger partial charge in [0.05, 0.1) is 18.3 Å². The molecule has 0 atom stereocenters. The van der Waals surface area contributed by atoms with E-state index in [0.717, 1.165) is 6.07 Å². The number of carbonyl (C=O) groups is 1. The molecule has 0 aliphatic heterocycles. The Balaban J connectivity index is 1.81. The van der Waals surface area contributed by atoms with Crippen LogP contribution in [0.15, 0.2) is 48.7 Å². The Morgan fingerprint density at radius 3 is 2.61 bits per heavy atom. The quantitative estimate of drug-likeness (QED) is 0.661. The average molecular weight is 391 g/mol. The number of ether oxygens (including phenoxy) is 1. The molecule has 0 radical (unpaired) electrons. The number of carbonyl (C=O) groups excluding carboxylic acids is 1. The maximum absolute atomic E-state index is 12.9. The third kappa shape index (κ3) is 4.05. The summed E-state index contributed by atoms with van der Waals surface area (Å²) in [6.45, 7) is 0. The fraction of sp³-hybridized carbons (Fsp3) is 0.167. The molecule has 3 aromatic rings. The molecule has 10 heteroatoms. The molecule has 2 amide bonds. The van der Waals surface area contributed by atoms with Crippen LogP contribution in [0.5, 0.6) is 5.75 Å². The molecule has 0 unspecified atom stereocenters. The fourth-order valence-electron chi connectivity index (χ4n) is 2.57. The topological polar surface area (TPSA) is 79.4 Å². The van der Waals surface area contributed by atoms with Crippen molar-refractivity contribution in [3.05, 3.63) is 54.4 Å². The molecule has 28 heavy (non-hydrogen) atoms. The summed E-state index contributed by atoms with van der Waals surface area (Å²) >= 11 is 0. The normalized spacial score (nSPS) is 11.2. The Kier molecular flexibility index (Phi) is 5.21. The third-order valence-electron chi connectivity index (χ3n) is 3.83. The third-order valence-corrected chi connectivity index (χ3v) is 3.83. The number of amides is 2. The summed E-state index contributed by atoms with van der Waals surface area (Å²) in [7, 11) is 2.99. The Morgan fingerprint density at radius 2 is 1.89 bits per heavy atom. The molecule has 7 nitrogen and oxygen atoms in total. The van der Waals surface area contributed by atoms with Crippen LogP contribution in [0.25, 0.3) is 10.9 Å². The zero-order valence-electron chi connectivity index (χ0n) is 14.9. The first kappa shape index (κ1) is 19.2. The minimum atomic E-state index is -4.55. The Hall–Kier alpha value is -3.56. The number of benzene rings is 1. The molecular weight excluding hydrogens is 375 g/mol. The molecule has 1 aromatic carbocycles. The van der Waals surface area contributed by atoms with E-state index in [4.69, 9.17) is 4.74 Å². The van der Waals surface area contributed by atoms with Crippen molar-refractivity contribution in [2.75, 3.05) is 24.5 Å². The zero-order chi connectivity index (χ0) is 20.3. The van der Waals surface area contributed by atoms with Gasteiger partial charge in [-0.05, 0) is 30.3 Å². The van der Waals surface area contributed by atoms with Crippen LogP contribution in [0, 0.1) is 0 Å². The number of pyridine rings is 2. The zero-order valence-corrected chi connectivity index (χ0v) is 14.9. The Labute approximate surface area is 158 Å². The number of para-hydroxylation sites is 2. The number of anilines is 2. The number of halogens is 3. The molecule has 146 valence electrons. The van der Waals surface area contributed by atoms with Gasteiger partial charge in [0.15, 0.2) is 5.82 Å². The van der Waals surface area contributed by atoms with Crippen LogP contribution >= 0.6 is 0 Å². The molecule has 2 N–H and O–H groups in total. The van der Waals surface area contributed by atoms with Gasteiger partial charge in [0, 0.05) is 18.6 Å². The van der Waals surface area contributed by atoms with Crippen LogP contribution in [0.4, 0.5) is 29.5 Å². The van der Waals surface area contributed by atoms with E-state index < -0.39 is 17.9 Å². The second kappa shape index (κ2) is 7.59. The Morgan fingerprint density at radius 1 is 1.14 bits per heavy atom. The van der Waals surface area contributed by atoms with Gasteiger partial charge in [-0.3, -0.25) is 5.01 Å². The predicted molar refractivity (Wildman–Crippen MR) is 98.1 cm³/mol. The van der Waals surface area contributed by atoms with Gasteiger partial charge < -0.3 is 10.1 Å². The summed E-state index contributed by atoms with van der Waals surface area (Å²) in [4.78, 5) is 20.0. The second-order valence-electron chi connectivity index (χ2n) is 5.72. The smallest absolute Gasteiger partial charge is 0.433 e. The molecule has 2 aromatic heterocycles. The number of nitrogens with one attached hydrogen (secondary N) is 2. The van der Waals surface area contributed by atoms with Crippen molar-refractivity contribution in [2.24, 2.45) is 0 Å². The van der Waals surface area contributed by atoms with E-state index in [1.165, 1.54) is 37.5 Å². The van der Waals surface area contributed by atoms with Crippen LogP contribution in [-0.4, -0.2) is 30.2 Å². The van der Waals surface area contributed by atoms with Crippen molar-refractivity contribution in [3.8, 4) is 5.75 Å². The molecule has 3 rings (SSSR count). The summed E-state index contributed by atoms with van der Waals surface area (Å²) in [6, 6.07) is 9.78. The number of fused-ring (bicyclic) bond motifs is 1. The van der Waals surface area contributed by atoms with E-state index >= 15 is 0 Å². The summed E-state index contributed by atoms with van der Waals surface area (Å²) in [5, 5.41) is 4.28. The van der Waals surface area contributed by atoms with E-state index in [9.17, 15) is 18.0 Å². The van der Waals surface area contributed by atoms with Crippen LogP contribution < -0.4 is 20.5 Å². The van der Waals surface area contributed by atoms with Gasteiger partial charge in [0.25, 0.3) is 0 Å². The van der Waals surface area contributed by atoms with E-state index in [-0.39, 0.29) is 11.3 Å². The van der Waals surface area contributed by atoms with Gasteiger partial charge in [-0.2, -0.15) is 13.2 Å². The number of rotatable bonds is 4. The molecule has 0 saturated heterocycles. The number of alkyl halides is 3. The maximum Gasteiger partial charge on any atom is 0.433 e. The van der Waals surface area contributed by atoms with Crippen molar-refractivity contribution in [2.45, 2.75) is 6.18 Å². The number of nitrogens with zero attached hydrogens (tertiary/aromatic N) is 3. The van der Waals surface area contributed by atoms with Gasteiger partial charge >= 0.3 is 12.2 Å². The highest BCUT2D eigenvalue weighted by Crippen LogP contribution is 2.30. The number of aromatic nitrogens is 2. The summed E-state index contributed by atoms with van der Waals surface area (Å²) in [5.74, 6) is 0.723. The first-order valence-electron chi connectivity index (χ1n) is 8.07. The molecule has 0 fully saturated rings. The highest BCUT2D eigenvalue weighted by atomic mass is 19.4. The fourth-order valence-corrected chi connectivity index (χ4v) is 2.57. The van der Waals surface area contributed by atoms with Crippen molar-refractivity contribution >= 4 is 28.4 Å². The predicted octanol–water partition coefficient (Wildman–Crippen LogP) is 3.83. The van der Waals surface area contributed by atoms with Crippen LogP contribution in [0.1, 0.15) is 5.69 Å². The van der Waals surface area contributed by atoms with E-state index in [1.807, 2.05) is 0 Å². The molecule has 0 bridgehead atoms. The minimum Gasteiger partial charge on any atom is -0.495 e. The van der Waals surface area contributed by atoms with Crippen molar-refractivity contribution < 1.29 is 22.7 Å². The standard InChI is InChI=1S/C18H16F3N5O2/c1-26(25-17(27)24-13-5-3-4-6-14(13)28-2)16-11-7-8-15(18(19,20)21)23-12(11)9-10-22-16/h3-10H,1-2H3,(H2,24,25,27). The number of hydrazine groups is 1. The highest BCUT2D eigenvalue weighted by Gasteiger charge is 2.32. The lowest BCUT2D eigenvalue weighted by Crippen LogP contribution is -2.42. The lowest BCUT2D eigenvalue weighted by atomic mass is 10.2. The van der Waals surface area contributed by atoms with Crippen LogP contribution in [0.3, 0.4) is 0 Å². The lowest BCUT2D eigenvalue weighted by Gasteiger charge is -2.21. The van der Waals surface area contributed by atoms with Crippen molar-refractivity contribution in [1.82, 2.24) is 15.4 Å². The minimum absolute atomic E-state index is 0.110. The van der Waals surface area contributed by atoms with Gasteiger partial charge in [-0.1, -0.05) is 12.1 Å². The van der Waals surface area contributed by atoms with E-state index in [2.05, 4.69) is 20.7 Å². The van der Waals surface area contributed by atoms with Gasteiger partial charge in [0.1, 0.15) is 11.4 Å². The summed E-state index contributed by atoms with van der Waals surface area (Å²) < 4.78 is 43.7. The highest BCUT2D eigenvalue weighted by molar-refractivity contribution is 5.94. The van der Waals surface area contributed by atoms with Crippen molar-refractivity contribution in [3.63, 3.8) is 0 Å². The summed E-state index contributed by atoms with van der Waals surface area (Å²) in [5.41, 5.74) is 2.12. The van der Waals surface area contributed by atoms with Crippen LogP contribution in [0.2, 0.25) is 0 Å². The average Bonchev–Trinajstić information content (AvgIpc) is 2.66. The summed E-state index contributed by atoms with van der Waals surface area (Å²) in [6.07, 6.45) is -3.22. The number of urea groups is 1. The SMILES string of the molecule is COc1ccccc1NC(=O)NN(C)c1nccc2nc(C(F)(F)F)ccc12. The Bertz CT molecular complexity index is 1010. The largest absolute Gasteiger partial charge is 0.495 e. The molecule has 0 spiro atoms. The van der Waals surface area contributed by atoms with Gasteiger partial charge in [-0.25, -0.2) is 20.2 Å². The van der Waals surface area contributed by atoms with Crippen LogP contribution in [-0.2, 0) is 6.18 Å². The van der Waals surface area contributed by atoms with Crippen molar-refractivity contribution in [1.29, 1.82) is 0 Å². The number of methoxy groups -OCH3 is 1. The first-order valence-corrected chi connectivity index (χ1v) is 8.07. The number of hydrogen-bond acceptors (Lipinski definition) is 5. The molecule has 0 saturated carbocycles.